The highest BCUT2D eigenvalue weighted by atomic mass is 28.4. The molecule has 1 N–H and O–H groups in total. The van der Waals surface area contributed by atoms with Crippen LogP contribution in [-0.2, 0) is 6.42 Å². The first-order valence-electron chi connectivity index (χ1n) is 6.82. The summed E-state index contributed by atoms with van der Waals surface area (Å²) >= 11 is 0. The molecule has 1 nitrogen and oxygen atoms in total. The molecule has 0 radical (unpaired) electrons. The van der Waals surface area contributed by atoms with E-state index in [1.165, 1.54) is 5.56 Å². The highest BCUT2D eigenvalue weighted by molar-refractivity contribution is 6.88. The second kappa shape index (κ2) is 6.48. The molecule has 0 aromatic heterocycles. The van der Waals surface area contributed by atoms with E-state index in [2.05, 4.69) is 0 Å². The zero-order valence-electron chi connectivity index (χ0n) is 11.9. The largest absolute Gasteiger partial charge is 0.396 e. The molecule has 0 aliphatic rings. The molecule has 0 heterocycles. The van der Waals surface area contributed by atoms with Gasteiger partial charge in [0.15, 0.2) is 0 Å². The fourth-order valence-electron chi connectivity index (χ4n) is 2.54. The molecule has 0 bridgehead atoms. The maximum absolute atomic E-state index is 15.3. The lowest BCUT2D eigenvalue weighted by atomic mass is 10.1. The van der Waals surface area contributed by atoms with Crippen molar-refractivity contribution in [2.24, 2.45) is 0 Å². The fraction of sp³-hybridized carbons (Fsp3) is 0.600. The van der Waals surface area contributed by atoms with E-state index in [-0.39, 0.29) is 17.7 Å². The minimum absolute atomic E-state index is 0.0980. The summed E-state index contributed by atoms with van der Waals surface area (Å²) in [4.78, 5) is 0. The summed E-state index contributed by atoms with van der Waals surface area (Å²) in [5.41, 5.74) is 1.37. The van der Waals surface area contributed by atoms with Crippen molar-refractivity contribution in [3.63, 3.8) is 0 Å². The van der Waals surface area contributed by atoms with Gasteiger partial charge in [0.25, 0.3) is 8.41 Å². The van der Waals surface area contributed by atoms with Crippen molar-refractivity contribution < 1.29 is 9.21 Å². The monoisotopic (exact) mass is 268 g/mol. The molecule has 0 amide bonds. The summed E-state index contributed by atoms with van der Waals surface area (Å²) in [5.74, 6) is 0. The third-order valence-corrected chi connectivity index (χ3v) is 8.28. The number of aliphatic hydroxyl groups excluding tert-OH is 1. The summed E-state index contributed by atoms with van der Waals surface area (Å²) in [6.07, 6.45) is 1.63. The lowest BCUT2D eigenvalue weighted by Crippen LogP contribution is -2.49. The first-order chi connectivity index (χ1) is 8.42. The number of aryl methyl sites for hydroxylation is 1. The molecule has 0 aliphatic heterocycles. The second-order valence-electron chi connectivity index (χ2n) is 5.60. The third-order valence-electron chi connectivity index (χ3n) is 3.70. The maximum atomic E-state index is 15.3. The van der Waals surface area contributed by atoms with E-state index >= 15 is 4.11 Å². The first-order valence-corrected chi connectivity index (χ1v) is 8.85. The van der Waals surface area contributed by atoms with Crippen LogP contribution in [0.4, 0.5) is 4.11 Å². The minimum atomic E-state index is -2.88. The van der Waals surface area contributed by atoms with Gasteiger partial charge in [-0.2, -0.15) is 0 Å². The summed E-state index contributed by atoms with van der Waals surface area (Å²) in [7, 11) is -2.88. The summed E-state index contributed by atoms with van der Waals surface area (Å²) in [6.45, 7) is 8.18. The predicted molar refractivity (Wildman–Crippen MR) is 78.5 cm³/mol. The van der Waals surface area contributed by atoms with Crippen LogP contribution in [0.25, 0.3) is 0 Å². The van der Waals surface area contributed by atoms with Crippen molar-refractivity contribution in [1.29, 1.82) is 0 Å². The zero-order valence-corrected chi connectivity index (χ0v) is 12.9. The molecule has 0 saturated carbocycles. The average Bonchev–Trinajstić information content (AvgIpc) is 2.35. The molecule has 0 aliphatic carbocycles. The molecule has 0 spiro atoms. The van der Waals surface area contributed by atoms with Crippen molar-refractivity contribution >= 4 is 13.6 Å². The van der Waals surface area contributed by atoms with E-state index in [0.717, 1.165) is 18.0 Å². The van der Waals surface area contributed by atoms with E-state index in [4.69, 9.17) is 5.11 Å². The molecule has 1 aromatic carbocycles. The maximum Gasteiger partial charge on any atom is 0.282 e. The number of rotatable bonds is 6. The van der Waals surface area contributed by atoms with E-state index in [1.807, 2.05) is 52.0 Å². The molecular weight excluding hydrogens is 243 g/mol. The Morgan fingerprint density at radius 2 is 1.56 bits per heavy atom. The highest BCUT2D eigenvalue weighted by Crippen LogP contribution is 2.33. The van der Waals surface area contributed by atoms with Gasteiger partial charge in [0.05, 0.1) is 0 Å². The number of aliphatic hydroxyl groups is 1. The molecule has 1 rings (SSSR count). The van der Waals surface area contributed by atoms with Gasteiger partial charge in [0, 0.05) is 6.61 Å². The van der Waals surface area contributed by atoms with Gasteiger partial charge in [-0.15, -0.1) is 0 Å². The number of hydrogen-bond donors (Lipinski definition) is 1. The van der Waals surface area contributed by atoms with Gasteiger partial charge in [0.1, 0.15) is 0 Å². The van der Waals surface area contributed by atoms with Gasteiger partial charge in [-0.1, -0.05) is 52.0 Å². The number of halogens is 1. The smallest absolute Gasteiger partial charge is 0.282 e. The number of benzene rings is 1. The van der Waals surface area contributed by atoms with Gasteiger partial charge in [-0.3, -0.25) is 0 Å². The molecule has 102 valence electrons. The van der Waals surface area contributed by atoms with Crippen molar-refractivity contribution in [2.45, 2.75) is 51.6 Å². The molecule has 0 unspecified atom stereocenters. The average molecular weight is 268 g/mol. The highest BCUT2D eigenvalue weighted by Gasteiger charge is 2.43. The first kappa shape index (κ1) is 15.4. The van der Waals surface area contributed by atoms with Crippen LogP contribution in [0.1, 0.15) is 39.7 Å². The summed E-state index contributed by atoms with van der Waals surface area (Å²) in [6, 6.07) is 7.94. The molecular formula is C15H25FOSi. The van der Waals surface area contributed by atoms with Crippen LogP contribution < -0.4 is 5.19 Å². The Labute approximate surface area is 111 Å². The summed E-state index contributed by atoms with van der Waals surface area (Å²) < 4.78 is 15.3. The van der Waals surface area contributed by atoms with Crippen LogP contribution in [0, 0.1) is 0 Å². The Balaban J connectivity index is 2.95. The normalized spacial score (nSPS) is 12.4. The molecule has 3 heteroatoms. The van der Waals surface area contributed by atoms with Crippen LogP contribution in [0.3, 0.4) is 0 Å². The van der Waals surface area contributed by atoms with Crippen LogP contribution in [0.2, 0.25) is 11.1 Å². The van der Waals surface area contributed by atoms with Gasteiger partial charge in [-0.25, -0.2) is 0 Å². The molecule has 1 aromatic rings. The van der Waals surface area contributed by atoms with E-state index in [9.17, 15) is 0 Å². The Hall–Kier alpha value is -0.673. The van der Waals surface area contributed by atoms with Crippen molar-refractivity contribution in [1.82, 2.24) is 0 Å². The molecule has 0 fully saturated rings. The Morgan fingerprint density at radius 1 is 1.06 bits per heavy atom. The van der Waals surface area contributed by atoms with Gasteiger partial charge in [0.2, 0.25) is 0 Å². The lowest BCUT2D eigenvalue weighted by Gasteiger charge is -2.30. The standard InChI is InChI=1S/C15H25FOSi/c1-12(2)18(16,13(3)4)15-9-7-14(8-10-15)6-5-11-17/h7-10,12-13,17H,5-6,11H2,1-4H3/i16+0. The van der Waals surface area contributed by atoms with Crippen LogP contribution in [-0.4, -0.2) is 20.1 Å². The van der Waals surface area contributed by atoms with Gasteiger partial charge < -0.3 is 9.21 Å². The van der Waals surface area contributed by atoms with Crippen LogP contribution >= 0.6 is 0 Å². The van der Waals surface area contributed by atoms with Crippen molar-refractivity contribution in [3.05, 3.63) is 29.8 Å². The van der Waals surface area contributed by atoms with Gasteiger partial charge >= 0.3 is 0 Å². The fourth-order valence-corrected chi connectivity index (χ4v) is 5.89. The van der Waals surface area contributed by atoms with Gasteiger partial charge in [-0.05, 0) is 34.7 Å². The van der Waals surface area contributed by atoms with Crippen molar-refractivity contribution in [3.8, 4) is 0 Å². The van der Waals surface area contributed by atoms with E-state index in [1.54, 1.807) is 0 Å². The zero-order chi connectivity index (χ0) is 13.8. The quantitative estimate of drug-likeness (QED) is 0.618. The summed E-state index contributed by atoms with van der Waals surface area (Å²) in [5, 5.41) is 9.71. The SMILES string of the molecule is CC(C)[Si]([19F])(c1ccc(CCCO)cc1)C(C)C. The number of hydrogen-bond acceptors (Lipinski definition) is 1. The Kier molecular flexibility index (Phi) is 5.54. The topological polar surface area (TPSA) is 20.2 Å². The third kappa shape index (κ3) is 3.21. The second-order valence-corrected chi connectivity index (χ2v) is 10.0. The van der Waals surface area contributed by atoms with E-state index in [0.29, 0.717) is 0 Å². The minimum Gasteiger partial charge on any atom is -0.396 e. The van der Waals surface area contributed by atoms with Crippen LogP contribution in [0.5, 0.6) is 0 Å². The van der Waals surface area contributed by atoms with Crippen LogP contribution in [0.15, 0.2) is 24.3 Å². The molecule has 18 heavy (non-hydrogen) atoms. The van der Waals surface area contributed by atoms with Crippen molar-refractivity contribution in [2.75, 3.05) is 6.61 Å². The Morgan fingerprint density at radius 3 is 1.94 bits per heavy atom. The predicted octanol–water partition coefficient (Wildman–Crippen LogP) is 3.55. The molecule has 0 saturated heterocycles. The lowest BCUT2D eigenvalue weighted by molar-refractivity contribution is 0.288. The molecule has 0 atom stereocenters. The van der Waals surface area contributed by atoms with E-state index < -0.39 is 8.41 Å². The Bertz CT molecular complexity index is 351.